The molecule has 3 fully saturated rings. The molecule has 18 heteroatoms. The molecule has 1 aliphatic carbocycles. The number of imidazole rings is 1. The zero-order valence-corrected chi connectivity index (χ0v) is 25.3. The monoisotopic (exact) mass is 672 g/mol. The Hall–Kier alpha value is -3.80. The third kappa shape index (κ3) is 6.79. The molecule has 6 rings (SSSR count). The Morgan fingerprint density at radius 3 is 2.40 bits per heavy atom. The smallest absolute Gasteiger partial charge is 0.271 e. The number of ether oxygens (including phenoxy) is 1. The molecule has 0 bridgehead atoms. The van der Waals surface area contributed by atoms with Crippen molar-refractivity contribution in [1.82, 2.24) is 39.6 Å². The maximum absolute atomic E-state index is 14.0. The summed E-state index contributed by atoms with van der Waals surface area (Å²) >= 11 is 0. The van der Waals surface area contributed by atoms with Crippen molar-refractivity contribution in [2.24, 2.45) is 13.0 Å². The zero-order valence-electron chi connectivity index (χ0n) is 25.3. The van der Waals surface area contributed by atoms with Crippen LogP contribution in [-0.4, -0.2) is 94.3 Å². The van der Waals surface area contributed by atoms with Crippen LogP contribution in [0.5, 0.6) is 0 Å². The molecule has 5 heterocycles. The number of halogens is 6. The Balaban J connectivity index is 1.31. The van der Waals surface area contributed by atoms with Gasteiger partial charge in [0, 0.05) is 45.5 Å². The van der Waals surface area contributed by atoms with Gasteiger partial charge in [-0.2, -0.15) is 10.2 Å². The molecule has 3 aromatic rings. The summed E-state index contributed by atoms with van der Waals surface area (Å²) in [7, 11) is 1.58. The van der Waals surface area contributed by atoms with Gasteiger partial charge in [0.2, 0.25) is 5.92 Å². The molecule has 2 amide bonds. The van der Waals surface area contributed by atoms with Gasteiger partial charge < -0.3 is 20.1 Å². The summed E-state index contributed by atoms with van der Waals surface area (Å²) in [6.45, 7) is -1.27. The molecule has 0 radical (unpaired) electrons. The molecule has 2 N–H and O–H groups in total. The molecule has 0 aromatic carbocycles. The molecule has 2 saturated heterocycles. The van der Waals surface area contributed by atoms with E-state index in [1.807, 2.05) is 0 Å². The number of rotatable bonds is 7. The van der Waals surface area contributed by atoms with E-state index in [1.165, 1.54) is 38.8 Å². The van der Waals surface area contributed by atoms with E-state index in [0.717, 1.165) is 0 Å². The van der Waals surface area contributed by atoms with Crippen LogP contribution in [0.3, 0.4) is 0 Å². The van der Waals surface area contributed by atoms with Gasteiger partial charge in [0.05, 0.1) is 35.9 Å². The molecule has 0 spiro atoms. The number of carbonyl (C=O) groups excluding carboxylic acids is 2. The molecule has 3 aromatic heterocycles. The predicted molar refractivity (Wildman–Crippen MR) is 150 cm³/mol. The molecular formula is C29H34F6N8O4. The van der Waals surface area contributed by atoms with E-state index in [1.54, 1.807) is 7.05 Å². The average Bonchev–Trinajstić information content (AvgIpc) is 3.65. The maximum Gasteiger partial charge on any atom is 0.271 e. The summed E-state index contributed by atoms with van der Waals surface area (Å²) in [6, 6.07) is -0.541. The van der Waals surface area contributed by atoms with Crippen molar-refractivity contribution in [1.29, 1.82) is 0 Å². The Bertz CT molecular complexity index is 1610. The summed E-state index contributed by atoms with van der Waals surface area (Å²) in [6.07, 6.45) is -2.70. The first-order valence-electron chi connectivity index (χ1n) is 15.3. The first-order chi connectivity index (χ1) is 22.1. The van der Waals surface area contributed by atoms with Crippen LogP contribution in [0.25, 0.3) is 5.78 Å². The van der Waals surface area contributed by atoms with Gasteiger partial charge in [-0.3, -0.25) is 14.3 Å². The third-order valence-electron chi connectivity index (χ3n) is 9.41. The fraction of sp³-hybridized carbons (Fsp3) is 0.655. The highest BCUT2D eigenvalue weighted by molar-refractivity contribution is 5.92. The number of aliphatic hydroxyl groups is 1. The lowest BCUT2D eigenvalue weighted by Gasteiger charge is -2.44. The van der Waals surface area contributed by atoms with E-state index >= 15 is 0 Å². The van der Waals surface area contributed by atoms with Crippen molar-refractivity contribution in [2.75, 3.05) is 13.2 Å². The quantitative estimate of drug-likeness (QED) is 0.363. The highest BCUT2D eigenvalue weighted by Crippen LogP contribution is 2.43. The minimum Gasteiger partial charge on any atom is -0.384 e. The van der Waals surface area contributed by atoms with Gasteiger partial charge in [-0.1, -0.05) is 0 Å². The largest absolute Gasteiger partial charge is 0.384 e. The van der Waals surface area contributed by atoms with Crippen molar-refractivity contribution < 1.29 is 45.8 Å². The van der Waals surface area contributed by atoms with E-state index in [-0.39, 0.29) is 61.5 Å². The topological polar surface area (TPSA) is 140 Å². The lowest BCUT2D eigenvalue weighted by Crippen LogP contribution is -2.55. The number of fused-ring (bicyclic) bond motifs is 1. The van der Waals surface area contributed by atoms with Crippen molar-refractivity contribution in [3.05, 3.63) is 41.7 Å². The molecule has 1 saturated carbocycles. The fourth-order valence-corrected chi connectivity index (χ4v) is 6.60. The average molecular weight is 673 g/mol. The summed E-state index contributed by atoms with van der Waals surface area (Å²) in [4.78, 5) is 36.8. The Kier molecular flexibility index (Phi) is 8.69. The lowest BCUT2D eigenvalue weighted by atomic mass is 9.81. The third-order valence-corrected chi connectivity index (χ3v) is 9.41. The summed E-state index contributed by atoms with van der Waals surface area (Å²) in [5.41, 5.74) is -1.95. The second kappa shape index (κ2) is 12.3. The maximum atomic E-state index is 14.0. The SMILES string of the molecule is Cn1nccc1C(=O)N[C@H](c1cn2ncc([C@@H]3C[C@@](O)(C(F)F)CCN3C(=O)[C@@H]3CCC(F)(F)CO3)nc2n1)C1CCC(F)(F)CC1. The van der Waals surface area contributed by atoms with Gasteiger partial charge in [0.25, 0.3) is 29.9 Å². The van der Waals surface area contributed by atoms with Crippen molar-refractivity contribution in [3.8, 4) is 0 Å². The van der Waals surface area contributed by atoms with Crippen LogP contribution in [0, 0.1) is 5.92 Å². The molecule has 47 heavy (non-hydrogen) atoms. The summed E-state index contributed by atoms with van der Waals surface area (Å²) in [5, 5.41) is 21.9. The molecule has 0 unspecified atom stereocenters. The number of nitrogens with zero attached hydrogens (tertiary/aromatic N) is 7. The first kappa shape index (κ1) is 33.1. The Morgan fingerprint density at radius 1 is 1.04 bits per heavy atom. The van der Waals surface area contributed by atoms with Gasteiger partial charge in [0.1, 0.15) is 24.0 Å². The first-order valence-corrected chi connectivity index (χ1v) is 15.3. The normalized spacial score (nSPS) is 27.2. The zero-order chi connectivity index (χ0) is 33.7. The van der Waals surface area contributed by atoms with E-state index in [9.17, 15) is 41.0 Å². The minimum atomic E-state index is -3.15. The fourth-order valence-electron chi connectivity index (χ4n) is 6.60. The Labute approximate surface area is 264 Å². The van der Waals surface area contributed by atoms with Gasteiger partial charge in [-0.15, -0.1) is 0 Å². The molecule has 3 aliphatic rings. The number of amides is 2. The lowest BCUT2D eigenvalue weighted by molar-refractivity contribution is -0.182. The van der Waals surface area contributed by atoms with E-state index < -0.39 is 85.7 Å². The number of nitrogens with one attached hydrogen (secondary N) is 1. The molecule has 256 valence electrons. The molecule has 2 aliphatic heterocycles. The predicted octanol–water partition coefficient (Wildman–Crippen LogP) is 3.63. The van der Waals surface area contributed by atoms with Crippen LogP contribution in [0.1, 0.15) is 85.3 Å². The van der Waals surface area contributed by atoms with Crippen LogP contribution in [-0.2, 0) is 16.6 Å². The number of likely N-dealkylation sites (tertiary alicyclic amines) is 1. The van der Waals surface area contributed by atoms with Crippen LogP contribution in [0.2, 0.25) is 0 Å². The number of hydrogen-bond donors (Lipinski definition) is 2. The van der Waals surface area contributed by atoms with Gasteiger partial charge in [-0.25, -0.2) is 40.8 Å². The minimum absolute atomic E-state index is 0.00990. The standard InChI is InChI=1S/C29H34F6N8O4/c1-41-19(5-10-36-41)23(44)40-22(16-2-6-28(32,33)7-3-16)18-14-43-26(39-18)38-17(13-37-43)20-12-27(46,25(30)31)9-11-42(20)24(45)21-4-8-29(34,35)15-47-21/h5,10,13-14,16,20-22,25,46H,2-4,6-9,11-12,15H2,1H3,(H,40,44)/t20-,21-,22-,27+/m0/s1. The van der Waals surface area contributed by atoms with Gasteiger partial charge >= 0.3 is 0 Å². The number of carbonyl (C=O) groups is 2. The molecule has 4 atom stereocenters. The van der Waals surface area contributed by atoms with Crippen LogP contribution in [0.4, 0.5) is 26.3 Å². The van der Waals surface area contributed by atoms with Gasteiger partial charge in [-0.05, 0) is 37.7 Å². The number of aromatic nitrogens is 6. The highest BCUT2D eigenvalue weighted by Gasteiger charge is 2.49. The molecular weight excluding hydrogens is 638 g/mol. The van der Waals surface area contributed by atoms with Crippen LogP contribution >= 0.6 is 0 Å². The summed E-state index contributed by atoms with van der Waals surface area (Å²) in [5.74, 6) is -7.55. The van der Waals surface area contributed by atoms with E-state index in [2.05, 4.69) is 25.5 Å². The second-order valence-electron chi connectivity index (χ2n) is 12.7. The highest BCUT2D eigenvalue weighted by atomic mass is 19.3. The van der Waals surface area contributed by atoms with Crippen molar-refractivity contribution >= 4 is 17.6 Å². The van der Waals surface area contributed by atoms with Crippen molar-refractivity contribution in [2.45, 2.75) is 93.4 Å². The van der Waals surface area contributed by atoms with E-state index in [4.69, 9.17) is 4.74 Å². The van der Waals surface area contributed by atoms with Crippen molar-refractivity contribution in [3.63, 3.8) is 0 Å². The van der Waals surface area contributed by atoms with Crippen LogP contribution < -0.4 is 5.32 Å². The van der Waals surface area contributed by atoms with E-state index in [0.29, 0.717) is 0 Å². The van der Waals surface area contributed by atoms with Gasteiger partial charge in [0.15, 0.2) is 0 Å². The number of piperidine rings is 1. The summed E-state index contributed by atoms with van der Waals surface area (Å²) < 4.78 is 91.1. The second-order valence-corrected chi connectivity index (χ2v) is 12.7. The molecule has 12 nitrogen and oxygen atoms in total. The van der Waals surface area contributed by atoms with Crippen LogP contribution in [0.15, 0.2) is 24.7 Å². The Morgan fingerprint density at radius 2 is 1.77 bits per heavy atom. The number of aryl methyl sites for hydroxylation is 1. The number of hydrogen-bond acceptors (Lipinski definition) is 8. The number of alkyl halides is 6.